The predicted octanol–water partition coefficient (Wildman–Crippen LogP) is 4.32. The van der Waals surface area contributed by atoms with Crippen molar-refractivity contribution in [1.82, 2.24) is 10.6 Å². The maximum Gasteiger partial charge on any atom is 0.315 e. The summed E-state index contributed by atoms with van der Waals surface area (Å²) in [6.45, 7) is 6.20. The fourth-order valence-corrected chi connectivity index (χ4v) is 4.22. The first-order valence-electron chi connectivity index (χ1n) is 10.1. The van der Waals surface area contributed by atoms with Gasteiger partial charge in [-0.2, -0.15) is 0 Å². The number of carbonyl (C=O) groups is 1. The van der Waals surface area contributed by atoms with Crippen LogP contribution >= 0.6 is 0 Å². The number of urea groups is 1. The van der Waals surface area contributed by atoms with E-state index in [0.29, 0.717) is 6.04 Å². The topological polar surface area (TPSA) is 70.6 Å². The lowest BCUT2D eigenvalue weighted by Crippen LogP contribution is -2.51. The minimum atomic E-state index is -0.145. The Hall–Kier alpha value is -1.35. The Kier molecular flexibility index (Phi) is 7.49. The number of isocyanates is 1. The zero-order chi connectivity index (χ0) is 18.3. The van der Waals surface area contributed by atoms with E-state index in [1.165, 1.54) is 32.1 Å². The van der Waals surface area contributed by atoms with Gasteiger partial charge in [0.15, 0.2) is 0 Å². The van der Waals surface area contributed by atoms with Gasteiger partial charge in [-0.15, -0.1) is 0 Å². The molecule has 5 heteroatoms. The minimum Gasteiger partial charge on any atom is -0.335 e. The maximum absolute atomic E-state index is 12.1. The summed E-state index contributed by atoms with van der Waals surface area (Å²) in [5, 5.41) is 6.21. The van der Waals surface area contributed by atoms with Crippen LogP contribution in [0.2, 0.25) is 0 Å². The largest absolute Gasteiger partial charge is 0.335 e. The Morgan fingerprint density at radius 2 is 1.60 bits per heavy atom. The Morgan fingerprint density at radius 1 is 1.04 bits per heavy atom. The summed E-state index contributed by atoms with van der Waals surface area (Å²) in [5.41, 5.74) is -0.145. The van der Waals surface area contributed by atoms with Gasteiger partial charge in [0, 0.05) is 11.6 Å². The maximum atomic E-state index is 12.1. The summed E-state index contributed by atoms with van der Waals surface area (Å²) in [6, 6.07) is 0.519. The second kappa shape index (κ2) is 9.38. The van der Waals surface area contributed by atoms with Crippen LogP contribution in [0, 0.1) is 11.8 Å². The molecule has 2 amide bonds. The SMILES string of the molecule is CCC(C)(C)NC(=O)NC1CCC(CC2CCC(N=C=O)CC2)CC1. The van der Waals surface area contributed by atoms with Gasteiger partial charge in [-0.05, 0) is 89.9 Å². The molecule has 0 heterocycles. The van der Waals surface area contributed by atoms with Crippen molar-refractivity contribution in [3.63, 3.8) is 0 Å². The molecule has 2 aliphatic carbocycles. The van der Waals surface area contributed by atoms with E-state index in [-0.39, 0.29) is 17.6 Å². The van der Waals surface area contributed by atoms with Crippen LogP contribution in [-0.4, -0.2) is 29.7 Å². The fourth-order valence-electron chi connectivity index (χ4n) is 4.22. The van der Waals surface area contributed by atoms with Gasteiger partial charge in [0.05, 0.1) is 6.04 Å². The van der Waals surface area contributed by atoms with E-state index in [9.17, 15) is 9.59 Å². The molecule has 25 heavy (non-hydrogen) atoms. The monoisotopic (exact) mass is 349 g/mol. The molecule has 0 radical (unpaired) electrons. The molecule has 0 bridgehead atoms. The molecule has 0 atom stereocenters. The number of hydrogen-bond donors (Lipinski definition) is 2. The van der Waals surface area contributed by atoms with Crippen molar-refractivity contribution in [2.24, 2.45) is 16.8 Å². The molecule has 142 valence electrons. The molecule has 2 rings (SSSR count). The van der Waals surface area contributed by atoms with Gasteiger partial charge in [0.25, 0.3) is 0 Å². The Morgan fingerprint density at radius 3 is 2.12 bits per heavy atom. The molecule has 0 aromatic carbocycles. The van der Waals surface area contributed by atoms with Crippen LogP contribution in [0.25, 0.3) is 0 Å². The smallest absolute Gasteiger partial charge is 0.315 e. The number of nitrogens with zero attached hydrogens (tertiary/aromatic N) is 1. The first-order valence-corrected chi connectivity index (χ1v) is 10.1. The van der Waals surface area contributed by atoms with E-state index in [1.54, 1.807) is 6.08 Å². The van der Waals surface area contributed by atoms with Crippen molar-refractivity contribution in [2.75, 3.05) is 0 Å². The average Bonchev–Trinajstić information content (AvgIpc) is 2.58. The summed E-state index contributed by atoms with van der Waals surface area (Å²) in [6.07, 6.45) is 13.0. The molecule has 2 aliphatic rings. The highest BCUT2D eigenvalue weighted by Crippen LogP contribution is 2.36. The van der Waals surface area contributed by atoms with Gasteiger partial charge in [-0.25, -0.2) is 14.6 Å². The standard InChI is InChI=1S/C20H35N3O2/c1-4-20(2,3)23-19(25)22-18-11-7-16(8-12-18)13-15-5-9-17(10-6-15)21-14-24/h15-18H,4-13H2,1-3H3,(H2,22,23,25). The van der Waals surface area contributed by atoms with E-state index in [1.807, 2.05) is 0 Å². The minimum absolute atomic E-state index is 0.0237. The first kappa shape index (κ1) is 20.0. The van der Waals surface area contributed by atoms with Gasteiger partial charge >= 0.3 is 6.03 Å². The normalized spacial score (nSPS) is 30.2. The lowest BCUT2D eigenvalue weighted by atomic mass is 9.76. The number of amides is 2. The molecule has 0 unspecified atom stereocenters. The van der Waals surface area contributed by atoms with Crippen LogP contribution in [0.15, 0.2) is 4.99 Å². The molecule has 0 spiro atoms. The van der Waals surface area contributed by atoms with E-state index in [2.05, 4.69) is 36.4 Å². The first-order chi connectivity index (χ1) is 11.9. The van der Waals surface area contributed by atoms with E-state index in [4.69, 9.17) is 0 Å². The number of rotatable bonds is 6. The Labute approximate surface area is 152 Å². The highest BCUT2D eigenvalue weighted by Gasteiger charge is 2.28. The van der Waals surface area contributed by atoms with Crippen molar-refractivity contribution >= 4 is 12.1 Å². The van der Waals surface area contributed by atoms with Gasteiger partial charge in [-0.1, -0.05) is 6.92 Å². The third-order valence-electron chi connectivity index (χ3n) is 6.24. The van der Waals surface area contributed by atoms with Crippen LogP contribution in [0.4, 0.5) is 4.79 Å². The molecule has 0 aromatic heterocycles. The van der Waals surface area contributed by atoms with Crippen molar-refractivity contribution < 1.29 is 9.59 Å². The number of aliphatic imine (C=N–C) groups is 1. The van der Waals surface area contributed by atoms with Crippen LogP contribution in [0.5, 0.6) is 0 Å². The number of carbonyl (C=O) groups excluding carboxylic acids is 2. The lowest BCUT2D eigenvalue weighted by molar-refractivity contribution is 0.201. The van der Waals surface area contributed by atoms with Gasteiger partial charge in [-0.3, -0.25) is 0 Å². The fraction of sp³-hybridized carbons (Fsp3) is 0.900. The van der Waals surface area contributed by atoms with Gasteiger partial charge < -0.3 is 10.6 Å². The second-order valence-electron chi connectivity index (χ2n) is 8.68. The summed E-state index contributed by atoms with van der Waals surface area (Å²) in [7, 11) is 0. The summed E-state index contributed by atoms with van der Waals surface area (Å²) in [5.74, 6) is 1.59. The molecule has 2 N–H and O–H groups in total. The zero-order valence-electron chi connectivity index (χ0n) is 16.1. The molecule has 2 fully saturated rings. The average molecular weight is 350 g/mol. The number of nitrogens with one attached hydrogen (secondary N) is 2. The van der Waals surface area contributed by atoms with Crippen molar-refractivity contribution in [2.45, 2.75) is 103 Å². The molecule has 0 saturated heterocycles. The second-order valence-corrected chi connectivity index (χ2v) is 8.68. The van der Waals surface area contributed by atoms with Crippen molar-refractivity contribution in [3.05, 3.63) is 0 Å². The number of hydrogen-bond acceptors (Lipinski definition) is 3. The summed E-state index contributed by atoms with van der Waals surface area (Å²) < 4.78 is 0. The predicted molar refractivity (Wildman–Crippen MR) is 100 cm³/mol. The van der Waals surface area contributed by atoms with Gasteiger partial charge in [0.1, 0.15) is 0 Å². The zero-order valence-corrected chi connectivity index (χ0v) is 16.1. The molecule has 5 nitrogen and oxygen atoms in total. The highest BCUT2D eigenvalue weighted by atomic mass is 16.2. The molecule has 0 aromatic rings. The van der Waals surface area contributed by atoms with Crippen molar-refractivity contribution in [3.8, 4) is 0 Å². The molecular weight excluding hydrogens is 314 g/mol. The third kappa shape index (κ3) is 6.81. The van der Waals surface area contributed by atoms with Crippen LogP contribution in [0.1, 0.15) is 85.0 Å². The lowest BCUT2D eigenvalue weighted by Gasteiger charge is -2.34. The molecular formula is C20H35N3O2. The van der Waals surface area contributed by atoms with E-state index < -0.39 is 0 Å². The van der Waals surface area contributed by atoms with Crippen LogP contribution in [0.3, 0.4) is 0 Å². The Balaban J connectivity index is 1.65. The highest BCUT2D eigenvalue weighted by molar-refractivity contribution is 5.75. The quantitative estimate of drug-likeness (QED) is 0.554. The van der Waals surface area contributed by atoms with Crippen LogP contribution in [-0.2, 0) is 4.79 Å². The van der Waals surface area contributed by atoms with E-state index >= 15 is 0 Å². The van der Waals surface area contributed by atoms with Gasteiger partial charge in [0.2, 0.25) is 6.08 Å². The summed E-state index contributed by atoms with van der Waals surface area (Å²) >= 11 is 0. The molecule has 2 saturated carbocycles. The summed E-state index contributed by atoms with van der Waals surface area (Å²) in [4.78, 5) is 26.3. The van der Waals surface area contributed by atoms with E-state index in [0.717, 1.165) is 43.9 Å². The van der Waals surface area contributed by atoms with Crippen molar-refractivity contribution in [1.29, 1.82) is 0 Å². The third-order valence-corrected chi connectivity index (χ3v) is 6.24. The molecule has 0 aliphatic heterocycles. The van der Waals surface area contributed by atoms with Crippen LogP contribution < -0.4 is 10.6 Å². The Bertz CT molecular complexity index is 469.